The maximum atomic E-state index is 13.7. The van der Waals surface area contributed by atoms with Crippen molar-refractivity contribution in [3.8, 4) is 5.75 Å². The lowest BCUT2D eigenvalue weighted by Gasteiger charge is -2.13. The average molecular weight is 468 g/mol. The maximum absolute atomic E-state index is 13.7. The zero-order valence-corrected chi connectivity index (χ0v) is 18.0. The van der Waals surface area contributed by atoms with Crippen LogP contribution in [0.2, 0.25) is 0 Å². The van der Waals surface area contributed by atoms with Gasteiger partial charge >= 0.3 is 0 Å². The molecule has 146 valence electrons. The van der Waals surface area contributed by atoms with Gasteiger partial charge in [0.15, 0.2) is 0 Å². The smallest absolute Gasteiger partial charge is 0.129 e. The van der Waals surface area contributed by atoms with E-state index in [2.05, 4.69) is 33.5 Å². The van der Waals surface area contributed by atoms with Crippen LogP contribution in [-0.4, -0.2) is 19.6 Å². The van der Waals surface area contributed by atoms with Crippen LogP contribution in [0, 0.1) is 5.82 Å². The molecule has 2 aromatic carbocycles. The molecule has 0 amide bonds. The number of hydrogen-bond acceptors (Lipinski definition) is 3. The molecule has 0 fully saturated rings. The molecule has 0 saturated heterocycles. The summed E-state index contributed by atoms with van der Waals surface area (Å²) in [5.74, 6) is 0.540. The molecule has 0 aliphatic heterocycles. The summed E-state index contributed by atoms with van der Waals surface area (Å²) < 4.78 is 20.5. The summed E-state index contributed by atoms with van der Waals surface area (Å²) in [5.41, 5.74) is 1.62. The summed E-state index contributed by atoms with van der Waals surface area (Å²) in [6.07, 6.45) is 1.08. The van der Waals surface area contributed by atoms with Gasteiger partial charge in [-0.15, -0.1) is 24.8 Å². The zero-order chi connectivity index (χ0) is 17.2. The van der Waals surface area contributed by atoms with Crippen LogP contribution >= 0.6 is 40.7 Å². The van der Waals surface area contributed by atoms with Crippen LogP contribution in [0.1, 0.15) is 24.5 Å². The highest BCUT2D eigenvalue weighted by molar-refractivity contribution is 9.10. The van der Waals surface area contributed by atoms with Gasteiger partial charge < -0.3 is 15.4 Å². The number of halogens is 4. The molecule has 2 N–H and O–H groups in total. The van der Waals surface area contributed by atoms with E-state index in [1.807, 2.05) is 24.3 Å². The molecule has 2 rings (SSSR count). The van der Waals surface area contributed by atoms with E-state index < -0.39 is 0 Å². The maximum Gasteiger partial charge on any atom is 0.129 e. The first kappa shape index (κ1) is 25.1. The predicted molar refractivity (Wildman–Crippen MR) is 114 cm³/mol. The molecule has 7 heteroatoms. The van der Waals surface area contributed by atoms with E-state index in [1.54, 1.807) is 12.1 Å². The van der Waals surface area contributed by atoms with E-state index in [1.165, 1.54) is 6.07 Å². The fourth-order valence-electron chi connectivity index (χ4n) is 2.34. The highest BCUT2D eigenvalue weighted by atomic mass is 79.9. The number of ether oxygens (including phenoxy) is 1. The number of rotatable bonds is 10. The minimum absolute atomic E-state index is 0. The second kappa shape index (κ2) is 14.2. The number of nitrogens with one attached hydrogen (secondary N) is 2. The van der Waals surface area contributed by atoms with Gasteiger partial charge in [-0.1, -0.05) is 41.1 Å². The Bertz CT molecular complexity index is 647. The molecule has 0 aliphatic rings. The minimum atomic E-state index is -0.238. The van der Waals surface area contributed by atoms with Crippen molar-refractivity contribution in [3.63, 3.8) is 0 Å². The van der Waals surface area contributed by atoms with Gasteiger partial charge in [0.2, 0.25) is 0 Å². The third kappa shape index (κ3) is 8.69. The van der Waals surface area contributed by atoms with Gasteiger partial charge in [0.25, 0.3) is 0 Å². The van der Waals surface area contributed by atoms with Crippen LogP contribution in [0.3, 0.4) is 0 Å². The predicted octanol–water partition coefficient (Wildman–Crippen LogP) is 5.10. The molecular formula is C19H26BrCl2FN2O. The fourth-order valence-corrected chi connectivity index (χ4v) is 2.74. The van der Waals surface area contributed by atoms with E-state index in [4.69, 9.17) is 4.74 Å². The molecule has 0 aromatic heterocycles. The molecular weight excluding hydrogens is 442 g/mol. The Morgan fingerprint density at radius 2 is 1.73 bits per heavy atom. The SMILES string of the molecule is CCNCCCNCc1cc(Br)ccc1OCc1ccccc1F.Cl.Cl. The highest BCUT2D eigenvalue weighted by Crippen LogP contribution is 2.24. The van der Waals surface area contributed by atoms with E-state index in [-0.39, 0.29) is 37.2 Å². The van der Waals surface area contributed by atoms with Crippen LogP contribution in [0.15, 0.2) is 46.9 Å². The summed E-state index contributed by atoms with van der Waals surface area (Å²) in [5, 5.41) is 6.73. The second-order valence-electron chi connectivity index (χ2n) is 5.52. The van der Waals surface area contributed by atoms with Crippen molar-refractivity contribution in [2.24, 2.45) is 0 Å². The second-order valence-corrected chi connectivity index (χ2v) is 6.43. The van der Waals surface area contributed by atoms with Gasteiger partial charge in [0.1, 0.15) is 18.2 Å². The van der Waals surface area contributed by atoms with Crippen molar-refractivity contribution >= 4 is 40.7 Å². The van der Waals surface area contributed by atoms with Gasteiger partial charge in [-0.3, -0.25) is 0 Å². The monoisotopic (exact) mass is 466 g/mol. The summed E-state index contributed by atoms with van der Waals surface area (Å²) in [6, 6.07) is 12.6. The van der Waals surface area contributed by atoms with Gasteiger partial charge in [0, 0.05) is 22.1 Å². The zero-order valence-electron chi connectivity index (χ0n) is 14.8. The largest absolute Gasteiger partial charge is 0.488 e. The van der Waals surface area contributed by atoms with Crippen LogP contribution < -0.4 is 15.4 Å². The summed E-state index contributed by atoms with van der Waals surface area (Å²) in [4.78, 5) is 0. The van der Waals surface area contributed by atoms with Crippen LogP contribution in [0.25, 0.3) is 0 Å². The fraction of sp³-hybridized carbons (Fsp3) is 0.368. The Morgan fingerprint density at radius 1 is 1.00 bits per heavy atom. The van der Waals surface area contributed by atoms with Gasteiger partial charge in [0.05, 0.1) is 0 Å². The lowest BCUT2D eigenvalue weighted by Crippen LogP contribution is -2.21. The Labute approximate surface area is 176 Å². The minimum Gasteiger partial charge on any atom is -0.488 e. The van der Waals surface area contributed by atoms with Gasteiger partial charge in [-0.2, -0.15) is 0 Å². The van der Waals surface area contributed by atoms with Crippen LogP contribution in [0.5, 0.6) is 5.75 Å². The van der Waals surface area contributed by atoms with Crippen LogP contribution in [0.4, 0.5) is 4.39 Å². The summed E-state index contributed by atoms with van der Waals surface area (Å²) >= 11 is 3.49. The Balaban J connectivity index is 0.00000312. The average Bonchev–Trinajstić information content (AvgIpc) is 2.58. The Hall–Kier alpha value is -0.850. The summed E-state index contributed by atoms with van der Waals surface area (Å²) in [7, 11) is 0. The highest BCUT2D eigenvalue weighted by Gasteiger charge is 2.07. The first-order valence-corrected chi connectivity index (χ1v) is 9.06. The van der Waals surface area contributed by atoms with E-state index in [0.29, 0.717) is 5.56 Å². The lowest BCUT2D eigenvalue weighted by molar-refractivity contribution is 0.296. The molecule has 0 bridgehead atoms. The molecule has 0 atom stereocenters. The van der Waals surface area contributed by atoms with Crippen molar-refractivity contribution in [2.75, 3.05) is 19.6 Å². The molecule has 0 unspecified atom stereocenters. The molecule has 0 aliphatic carbocycles. The Kier molecular flexibility index (Phi) is 13.8. The Morgan fingerprint density at radius 3 is 2.46 bits per heavy atom. The lowest BCUT2D eigenvalue weighted by atomic mass is 10.2. The van der Waals surface area contributed by atoms with E-state index >= 15 is 0 Å². The molecule has 0 radical (unpaired) electrons. The van der Waals surface area contributed by atoms with Crippen molar-refractivity contribution in [3.05, 3.63) is 63.9 Å². The van der Waals surface area contributed by atoms with Crippen molar-refractivity contribution < 1.29 is 9.13 Å². The third-order valence-corrected chi connectivity index (χ3v) is 4.13. The molecule has 3 nitrogen and oxygen atoms in total. The molecule has 0 spiro atoms. The summed E-state index contributed by atoms with van der Waals surface area (Å²) in [6.45, 7) is 6.00. The third-order valence-electron chi connectivity index (χ3n) is 3.64. The first-order chi connectivity index (χ1) is 11.7. The van der Waals surface area contributed by atoms with Crippen molar-refractivity contribution in [2.45, 2.75) is 26.5 Å². The van der Waals surface area contributed by atoms with E-state index in [9.17, 15) is 4.39 Å². The quantitative estimate of drug-likeness (QED) is 0.477. The van der Waals surface area contributed by atoms with Crippen LogP contribution in [-0.2, 0) is 13.2 Å². The van der Waals surface area contributed by atoms with Gasteiger partial charge in [-0.25, -0.2) is 4.39 Å². The van der Waals surface area contributed by atoms with E-state index in [0.717, 1.165) is 48.4 Å². The number of benzene rings is 2. The van der Waals surface area contributed by atoms with Crippen molar-refractivity contribution in [1.29, 1.82) is 0 Å². The normalized spacial score (nSPS) is 9.96. The molecule has 0 saturated carbocycles. The first-order valence-electron chi connectivity index (χ1n) is 8.26. The molecule has 26 heavy (non-hydrogen) atoms. The standard InChI is InChI=1S/C19H24BrFN2O.2ClH/c1-2-22-10-5-11-23-13-16-12-17(20)8-9-19(16)24-14-15-6-3-4-7-18(15)21;;/h3-4,6-9,12,22-23H,2,5,10-11,13-14H2,1H3;2*1H. The topological polar surface area (TPSA) is 33.3 Å². The molecule has 0 heterocycles. The molecule has 2 aromatic rings. The van der Waals surface area contributed by atoms with Crippen molar-refractivity contribution in [1.82, 2.24) is 10.6 Å². The number of hydrogen-bond donors (Lipinski definition) is 2. The van der Waals surface area contributed by atoms with Gasteiger partial charge in [-0.05, 0) is 50.3 Å².